The second-order valence-electron chi connectivity index (χ2n) is 4.61. The standard InChI is InChI=1S/C14H15FN2O3S/c1-9-13(15)7-12(8-14(9)16)21(19,20)17(2)10-4-3-5-11(18)6-10/h3-8,18H,16H2,1-2H3. The number of benzene rings is 2. The molecule has 0 bridgehead atoms. The molecule has 0 aliphatic carbocycles. The van der Waals surface area contributed by atoms with E-state index in [1.807, 2.05) is 0 Å². The molecule has 2 rings (SSSR count). The highest BCUT2D eigenvalue weighted by Crippen LogP contribution is 2.27. The molecule has 0 unspecified atom stereocenters. The van der Waals surface area contributed by atoms with Crippen LogP contribution < -0.4 is 10.0 Å². The lowest BCUT2D eigenvalue weighted by atomic mass is 10.2. The average molecular weight is 310 g/mol. The van der Waals surface area contributed by atoms with Gasteiger partial charge in [-0.1, -0.05) is 6.07 Å². The SMILES string of the molecule is Cc1c(N)cc(S(=O)(=O)N(C)c2cccc(O)c2)cc1F. The Kier molecular flexibility index (Phi) is 3.78. The Labute approximate surface area is 122 Å². The Hall–Kier alpha value is -2.28. The van der Waals surface area contributed by atoms with Gasteiger partial charge in [-0.2, -0.15) is 0 Å². The lowest BCUT2D eigenvalue weighted by molar-refractivity contribution is 0.475. The summed E-state index contributed by atoms with van der Waals surface area (Å²) in [7, 11) is -2.65. The van der Waals surface area contributed by atoms with Crippen LogP contribution >= 0.6 is 0 Å². The van der Waals surface area contributed by atoms with Crippen molar-refractivity contribution < 1.29 is 17.9 Å². The van der Waals surface area contributed by atoms with Crippen LogP contribution in [0.2, 0.25) is 0 Å². The molecule has 0 amide bonds. The number of phenolic OH excluding ortho intramolecular Hbond substituents is 1. The number of hydrogen-bond donors (Lipinski definition) is 2. The molecule has 112 valence electrons. The number of aromatic hydroxyl groups is 1. The van der Waals surface area contributed by atoms with Crippen molar-refractivity contribution in [3.05, 3.63) is 47.8 Å². The number of nitrogens with zero attached hydrogens (tertiary/aromatic N) is 1. The third-order valence-electron chi connectivity index (χ3n) is 3.21. The van der Waals surface area contributed by atoms with Gasteiger partial charge in [-0.3, -0.25) is 4.31 Å². The zero-order chi connectivity index (χ0) is 15.8. The molecule has 5 nitrogen and oxygen atoms in total. The van der Waals surface area contributed by atoms with E-state index < -0.39 is 15.8 Å². The molecule has 0 saturated carbocycles. The molecule has 0 radical (unpaired) electrons. The number of nitrogens with two attached hydrogens (primary N) is 1. The first-order valence-corrected chi connectivity index (χ1v) is 7.51. The van der Waals surface area contributed by atoms with E-state index in [1.165, 1.54) is 44.3 Å². The zero-order valence-corrected chi connectivity index (χ0v) is 12.4. The second-order valence-corrected chi connectivity index (χ2v) is 6.58. The van der Waals surface area contributed by atoms with Crippen molar-refractivity contribution in [2.45, 2.75) is 11.8 Å². The van der Waals surface area contributed by atoms with Crippen molar-refractivity contribution in [2.24, 2.45) is 0 Å². The van der Waals surface area contributed by atoms with E-state index in [0.29, 0.717) is 0 Å². The predicted molar refractivity (Wildman–Crippen MR) is 79.2 cm³/mol. The normalized spacial score (nSPS) is 11.4. The summed E-state index contributed by atoms with van der Waals surface area (Å²) in [6.07, 6.45) is 0. The molecule has 3 N–H and O–H groups in total. The molecule has 0 atom stereocenters. The van der Waals surface area contributed by atoms with Crippen molar-refractivity contribution in [3.63, 3.8) is 0 Å². The fourth-order valence-corrected chi connectivity index (χ4v) is 3.04. The number of nitrogen functional groups attached to an aromatic ring is 1. The first kappa shape index (κ1) is 15.1. The van der Waals surface area contributed by atoms with Crippen LogP contribution in [0.5, 0.6) is 5.75 Å². The lowest BCUT2D eigenvalue weighted by Crippen LogP contribution is -2.26. The van der Waals surface area contributed by atoms with Crippen molar-refractivity contribution in [1.82, 2.24) is 0 Å². The first-order chi connectivity index (χ1) is 9.73. The summed E-state index contributed by atoms with van der Waals surface area (Å²) in [6, 6.07) is 7.90. The molecule has 0 aliphatic heterocycles. The number of halogens is 1. The van der Waals surface area contributed by atoms with Crippen LogP contribution in [0.1, 0.15) is 5.56 Å². The molecule has 2 aromatic rings. The zero-order valence-electron chi connectivity index (χ0n) is 11.5. The summed E-state index contributed by atoms with van der Waals surface area (Å²) in [6.45, 7) is 1.47. The van der Waals surface area contributed by atoms with E-state index >= 15 is 0 Å². The Morgan fingerprint density at radius 1 is 1.24 bits per heavy atom. The highest BCUT2D eigenvalue weighted by molar-refractivity contribution is 7.92. The van der Waals surface area contributed by atoms with Crippen LogP contribution in [0, 0.1) is 12.7 Å². The summed E-state index contributed by atoms with van der Waals surface area (Å²) < 4.78 is 39.6. The summed E-state index contributed by atoms with van der Waals surface area (Å²) in [4.78, 5) is -0.242. The third kappa shape index (κ3) is 2.78. The minimum atomic E-state index is -3.97. The van der Waals surface area contributed by atoms with Crippen LogP contribution in [-0.2, 0) is 10.0 Å². The largest absolute Gasteiger partial charge is 0.508 e. The predicted octanol–water partition coefficient (Wildman–Crippen LogP) is 2.25. The minimum absolute atomic E-state index is 0.0656. The van der Waals surface area contributed by atoms with Crippen LogP contribution in [-0.4, -0.2) is 20.6 Å². The van der Waals surface area contributed by atoms with Gasteiger partial charge in [0.05, 0.1) is 10.6 Å². The van der Waals surface area contributed by atoms with E-state index in [0.717, 1.165) is 10.4 Å². The maximum absolute atomic E-state index is 13.7. The molecule has 0 spiro atoms. The monoisotopic (exact) mass is 310 g/mol. The van der Waals surface area contributed by atoms with Crippen LogP contribution in [0.4, 0.5) is 15.8 Å². The number of sulfonamides is 1. The number of hydrogen-bond acceptors (Lipinski definition) is 4. The lowest BCUT2D eigenvalue weighted by Gasteiger charge is -2.20. The van der Waals surface area contributed by atoms with Gasteiger partial charge < -0.3 is 10.8 Å². The highest BCUT2D eigenvalue weighted by Gasteiger charge is 2.23. The molecule has 0 aliphatic rings. The van der Waals surface area contributed by atoms with Crippen LogP contribution in [0.3, 0.4) is 0 Å². The third-order valence-corrected chi connectivity index (χ3v) is 4.97. The molecule has 7 heteroatoms. The Balaban J connectivity index is 2.52. The Morgan fingerprint density at radius 2 is 1.90 bits per heavy atom. The van der Waals surface area contributed by atoms with Crippen molar-refractivity contribution in [3.8, 4) is 5.75 Å². The Morgan fingerprint density at radius 3 is 2.48 bits per heavy atom. The van der Waals surface area contributed by atoms with E-state index in [-0.39, 0.29) is 27.6 Å². The summed E-state index contributed by atoms with van der Waals surface area (Å²) >= 11 is 0. The van der Waals surface area contributed by atoms with Gasteiger partial charge in [0.15, 0.2) is 0 Å². The van der Waals surface area contributed by atoms with Gasteiger partial charge >= 0.3 is 0 Å². The smallest absolute Gasteiger partial charge is 0.264 e. The molecule has 0 heterocycles. The van der Waals surface area contributed by atoms with Gasteiger partial charge in [-0.05, 0) is 31.2 Å². The second kappa shape index (κ2) is 5.25. The summed E-state index contributed by atoms with van der Waals surface area (Å²) in [5, 5.41) is 9.42. The molecule has 0 saturated heterocycles. The molecular formula is C14H15FN2O3S. The topological polar surface area (TPSA) is 83.6 Å². The fraction of sp³-hybridized carbons (Fsp3) is 0.143. The van der Waals surface area contributed by atoms with Crippen molar-refractivity contribution in [2.75, 3.05) is 17.1 Å². The quantitative estimate of drug-likeness (QED) is 0.852. The number of anilines is 2. The summed E-state index contributed by atoms with van der Waals surface area (Å²) in [5.41, 5.74) is 6.15. The molecular weight excluding hydrogens is 295 g/mol. The number of rotatable bonds is 3. The maximum Gasteiger partial charge on any atom is 0.264 e. The van der Waals surface area contributed by atoms with E-state index in [2.05, 4.69) is 0 Å². The minimum Gasteiger partial charge on any atom is -0.508 e. The van der Waals surface area contributed by atoms with E-state index in [1.54, 1.807) is 0 Å². The average Bonchev–Trinajstić information content (AvgIpc) is 2.43. The molecule has 2 aromatic carbocycles. The fourth-order valence-electron chi connectivity index (χ4n) is 1.81. The van der Waals surface area contributed by atoms with Gasteiger partial charge in [0.2, 0.25) is 0 Å². The van der Waals surface area contributed by atoms with E-state index in [9.17, 15) is 17.9 Å². The van der Waals surface area contributed by atoms with Gasteiger partial charge in [-0.25, -0.2) is 12.8 Å². The molecule has 21 heavy (non-hydrogen) atoms. The van der Waals surface area contributed by atoms with Crippen molar-refractivity contribution >= 4 is 21.4 Å². The van der Waals surface area contributed by atoms with Crippen molar-refractivity contribution in [1.29, 1.82) is 0 Å². The highest BCUT2D eigenvalue weighted by atomic mass is 32.2. The Bertz CT molecular complexity index is 768. The maximum atomic E-state index is 13.7. The van der Waals surface area contributed by atoms with Crippen LogP contribution in [0.25, 0.3) is 0 Å². The first-order valence-electron chi connectivity index (χ1n) is 6.07. The van der Waals surface area contributed by atoms with Gasteiger partial charge in [0.1, 0.15) is 11.6 Å². The summed E-state index contributed by atoms with van der Waals surface area (Å²) in [5.74, 6) is -0.748. The van der Waals surface area contributed by atoms with Gasteiger partial charge in [0, 0.05) is 24.4 Å². The van der Waals surface area contributed by atoms with Gasteiger partial charge in [-0.15, -0.1) is 0 Å². The molecule has 0 aromatic heterocycles. The number of phenols is 1. The van der Waals surface area contributed by atoms with Crippen LogP contribution in [0.15, 0.2) is 41.3 Å². The van der Waals surface area contributed by atoms with E-state index in [4.69, 9.17) is 5.73 Å². The molecule has 0 fully saturated rings. The van der Waals surface area contributed by atoms with Gasteiger partial charge in [0.25, 0.3) is 10.0 Å².